The molecule has 2 aromatic rings. The van der Waals surface area contributed by atoms with Crippen LogP contribution in [0.15, 0.2) is 16.3 Å². The third kappa shape index (κ3) is 3.33. The van der Waals surface area contributed by atoms with Gasteiger partial charge in [-0.25, -0.2) is 9.97 Å². The summed E-state index contributed by atoms with van der Waals surface area (Å²) in [5.74, 6) is 0.0863. The monoisotopic (exact) mass is 336 g/mol. The van der Waals surface area contributed by atoms with Crippen LogP contribution in [-0.4, -0.2) is 39.8 Å². The first kappa shape index (κ1) is 15.1. The predicted molar refractivity (Wildman–Crippen MR) is 86.4 cm³/mol. The summed E-state index contributed by atoms with van der Waals surface area (Å²) >= 11 is 2.85. The minimum Gasteiger partial charge on any atom is -0.337 e. The fraction of sp³-hybridized carbons (Fsp3) is 0.429. The van der Waals surface area contributed by atoms with Gasteiger partial charge in [0.1, 0.15) is 5.69 Å². The van der Waals surface area contributed by atoms with Gasteiger partial charge in [-0.05, 0) is 12.8 Å². The molecule has 0 radical (unpaired) electrons. The average Bonchev–Trinajstić information content (AvgIpc) is 3.17. The van der Waals surface area contributed by atoms with Crippen LogP contribution < -0.4 is 5.32 Å². The predicted octanol–water partition coefficient (Wildman–Crippen LogP) is 2.58. The Morgan fingerprint density at radius 3 is 3.00 bits per heavy atom. The van der Waals surface area contributed by atoms with Gasteiger partial charge in [-0.3, -0.25) is 9.59 Å². The number of hydrogen-bond donors (Lipinski definition) is 1. The van der Waals surface area contributed by atoms with E-state index in [1.54, 1.807) is 10.9 Å². The van der Waals surface area contributed by atoms with Gasteiger partial charge in [-0.2, -0.15) is 0 Å². The van der Waals surface area contributed by atoms with Crippen molar-refractivity contribution in [1.29, 1.82) is 0 Å². The summed E-state index contributed by atoms with van der Waals surface area (Å²) in [6.07, 6.45) is 1.96. The molecule has 0 aliphatic carbocycles. The Morgan fingerprint density at radius 2 is 2.27 bits per heavy atom. The summed E-state index contributed by atoms with van der Waals surface area (Å²) < 4.78 is 0. The maximum atomic E-state index is 12.4. The van der Waals surface area contributed by atoms with Crippen LogP contribution in [-0.2, 0) is 4.79 Å². The quantitative estimate of drug-likeness (QED) is 0.935. The molecule has 2 amide bonds. The molecule has 6 nitrogen and oxygen atoms in total. The largest absolute Gasteiger partial charge is 0.337 e. The first-order valence-corrected chi connectivity index (χ1v) is 8.86. The van der Waals surface area contributed by atoms with Crippen LogP contribution in [0.3, 0.4) is 0 Å². The lowest BCUT2D eigenvalue weighted by Crippen LogP contribution is -2.39. The van der Waals surface area contributed by atoms with Crippen molar-refractivity contribution in [3.05, 3.63) is 27.7 Å². The number of amides is 2. The second-order valence-corrected chi connectivity index (χ2v) is 6.80. The lowest BCUT2D eigenvalue weighted by atomic mass is 9.95. The van der Waals surface area contributed by atoms with E-state index >= 15 is 0 Å². The summed E-state index contributed by atoms with van der Waals surface area (Å²) in [6.45, 7) is 2.88. The maximum absolute atomic E-state index is 12.4. The number of thiazole rings is 2. The zero-order chi connectivity index (χ0) is 15.5. The van der Waals surface area contributed by atoms with E-state index in [2.05, 4.69) is 15.3 Å². The highest BCUT2D eigenvalue weighted by Gasteiger charge is 2.27. The van der Waals surface area contributed by atoms with E-state index in [1.165, 1.54) is 29.6 Å². The van der Waals surface area contributed by atoms with Crippen molar-refractivity contribution in [2.24, 2.45) is 0 Å². The number of piperidine rings is 1. The minimum atomic E-state index is -0.120. The van der Waals surface area contributed by atoms with Gasteiger partial charge in [0.2, 0.25) is 5.91 Å². The number of hydrogen-bond acceptors (Lipinski definition) is 6. The Morgan fingerprint density at radius 1 is 1.41 bits per heavy atom. The molecule has 0 unspecified atom stereocenters. The summed E-state index contributed by atoms with van der Waals surface area (Å²) in [5, 5.41) is 7.06. The molecule has 3 heterocycles. The summed E-state index contributed by atoms with van der Waals surface area (Å²) in [5.41, 5.74) is 3.14. The fourth-order valence-electron chi connectivity index (χ4n) is 2.56. The lowest BCUT2D eigenvalue weighted by molar-refractivity contribution is -0.114. The number of nitrogens with zero attached hydrogens (tertiary/aromatic N) is 3. The van der Waals surface area contributed by atoms with E-state index in [0.717, 1.165) is 25.1 Å². The van der Waals surface area contributed by atoms with Crippen LogP contribution in [0, 0.1) is 0 Å². The third-order valence-electron chi connectivity index (χ3n) is 3.58. The zero-order valence-corrected chi connectivity index (χ0v) is 13.7. The van der Waals surface area contributed by atoms with Crippen LogP contribution in [0.4, 0.5) is 5.13 Å². The number of rotatable bonds is 3. The van der Waals surface area contributed by atoms with Gasteiger partial charge in [-0.15, -0.1) is 22.7 Å². The summed E-state index contributed by atoms with van der Waals surface area (Å²) in [6, 6.07) is 0. The standard InChI is InChI=1S/C14H16N4O2S2/c1-9(19)16-14-17-11(7-22-14)10-3-2-4-18(5-10)13(20)12-6-21-8-15-12/h6-8,10H,2-5H2,1H3,(H,16,17,19)/t10-/m1/s1. The molecule has 1 aliphatic heterocycles. The molecule has 0 saturated carbocycles. The number of carbonyl (C=O) groups excluding carboxylic acids is 2. The van der Waals surface area contributed by atoms with E-state index in [1.807, 2.05) is 10.3 Å². The fourth-order valence-corrected chi connectivity index (χ4v) is 3.93. The molecule has 0 spiro atoms. The van der Waals surface area contributed by atoms with Gasteiger partial charge < -0.3 is 10.2 Å². The Kier molecular flexibility index (Phi) is 4.49. The first-order valence-electron chi connectivity index (χ1n) is 7.04. The number of carbonyl (C=O) groups is 2. The van der Waals surface area contributed by atoms with E-state index in [4.69, 9.17) is 0 Å². The molecular weight excluding hydrogens is 320 g/mol. The minimum absolute atomic E-state index is 0.0109. The molecule has 1 fully saturated rings. The van der Waals surface area contributed by atoms with E-state index in [9.17, 15) is 9.59 Å². The first-order chi connectivity index (χ1) is 10.6. The van der Waals surface area contributed by atoms with Crippen molar-refractivity contribution in [3.63, 3.8) is 0 Å². The van der Waals surface area contributed by atoms with Gasteiger partial charge >= 0.3 is 0 Å². The van der Waals surface area contributed by atoms with Crippen molar-refractivity contribution in [2.45, 2.75) is 25.7 Å². The molecule has 8 heteroatoms. The SMILES string of the molecule is CC(=O)Nc1nc([C@@H]2CCCN(C(=O)c3cscn3)C2)cs1. The molecular formula is C14H16N4O2S2. The van der Waals surface area contributed by atoms with E-state index in [0.29, 0.717) is 17.4 Å². The Bertz CT molecular complexity index is 668. The number of likely N-dealkylation sites (tertiary alicyclic amines) is 1. The van der Waals surface area contributed by atoms with E-state index < -0.39 is 0 Å². The van der Waals surface area contributed by atoms with Crippen LogP contribution in [0.5, 0.6) is 0 Å². The van der Waals surface area contributed by atoms with Gasteiger partial charge in [-0.1, -0.05) is 0 Å². The molecule has 1 atom stereocenters. The smallest absolute Gasteiger partial charge is 0.273 e. The molecule has 0 bridgehead atoms. The Hall–Kier alpha value is -1.80. The van der Waals surface area contributed by atoms with Crippen LogP contribution >= 0.6 is 22.7 Å². The highest BCUT2D eigenvalue weighted by molar-refractivity contribution is 7.13. The molecule has 3 rings (SSSR count). The van der Waals surface area contributed by atoms with Gasteiger partial charge in [0.15, 0.2) is 5.13 Å². The number of nitrogens with one attached hydrogen (secondary N) is 1. The van der Waals surface area contributed by atoms with Crippen molar-refractivity contribution >= 4 is 39.6 Å². The van der Waals surface area contributed by atoms with Gasteiger partial charge in [0.25, 0.3) is 5.91 Å². The number of aromatic nitrogens is 2. The summed E-state index contributed by atoms with van der Waals surface area (Å²) in [7, 11) is 0. The molecule has 1 saturated heterocycles. The molecule has 2 aromatic heterocycles. The van der Waals surface area contributed by atoms with Crippen LogP contribution in [0.25, 0.3) is 0 Å². The molecule has 22 heavy (non-hydrogen) atoms. The van der Waals surface area contributed by atoms with Crippen molar-refractivity contribution < 1.29 is 9.59 Å². The van der Waals surface area contributed by atoms with Crippen molar-refractivity contribution in [1.82, 2.24) is 14.9 Å². The third-order valence-corrected chi connectivity index (χ3v) is 4.95. The molecule has 1 N–H and O–H groups in total. The molecule has 0 aromatic carbocycles. The molecule has 116 valence electrons. The Balaban J connectivity index is 1.69. The number of anilines is 1. The van der Waals surface area contributed by atoms with Gasteiger partial charge in [0.05, 0.1) is 11.2 Å². The Labute approximate surface area is 136 Å². The molecule has 1 aliphatic rings. The van der Waals surface area contributed by atoms with Crippen LogP contribution in [0.2, 0.25) is 0 Å². The zero-order valence-electron chi connectivity index (χ0n) is 12.1. The summed E-state index contributed by atoms with van der Waals surface area (Å²) in [4.78, 5) is 33.9. The van der Waals surface area contributed by atoms with Gasteiger partial charge in [0, 0.05) is 36.7 Å². The topological polar surface area (TPSA) is 75.2 Å². The lowest BCUT2D eigenvalue weighted by Gasteiger charge is -2.31. The normalized spacial score (nSPS) is 18.2. The highest BCUT2D eigenvalue weighted by Crippen LogP contribution is 2.30. The van der Waals surface area contributed by atoms with Crippen molar-refractivity contribution in [2.75, 3.05) is 18.4 Å². The van der Waals surface area contributed by atoms with Crippen molar-refractivity contribution in [3.8, 4) is 0 Å². The second-order valence-electron chi connectivity index (χ2n) is 5.22. The van der Waals surface area contributed by atoms with E-state index in [-0.39, 0.29) is 17.7 Å². The second kappa shape index (κ2) is 6.53. The maximum Gasteiger partial charge on any atom is 0.273 e. The highest BCUT2D eigenvalue weighted by atomic mass is 32.1. The van der Waals surface area contributed by atoms with Crippen LogP contribution in [0.1, 0.15) is 41.9 Å². The average molecular weight is 336 g/mol.